The lowest BCUT2D eigenvalue weighted by Gasteiger charge is -2.41. The Hall–Kier alpha value is -3.18. The van der Waals surface area contributed by atoms with Crippen molar-refractivity contribution in [2.45, 2.75) is 49.0 Å². The summed E-state index contributed by atoms with van der Waals surface area (Å²) >= 11 is 1.57. The second-order valence-electron chi connectivity index (χ2n) is 10.3. The molecule has 4 heterocycles. The van der Waals surface area contributed by atoms with Crippen molar-refractivity contribution < 1.29 is 24.2 Å². The van der Waals surface area contributed by atoms with Crippen LogP contribution in [0.3, 0.4) is 0 Å². The summed E-state index contributed by atoms with van der Waals surface area (Å²) in [6, 6.07) is 6.02. The molecule has 3 unspecified atom stereocenters. The van der Waals surface area contributed by atoms with Crippen molar-refractivity contribution in [3.63, 3.8) is 0 Å². The van der Waals surface area contributed by atoms with Crippen LogP contribution in [-0.2, 0) is 25.8 Å². The number of ether oxygens (including phenoxy) is 1. The van der Waals surface area contributed by atoms with E-state index in [2.05, 4.69) is 30.4 Å². The molecule has 38 heavy (non-hydrogen) atoms. The molecule has 3 aliphatic rings. The molecule has 2 aromatic rings. The van der Waals surface area contributed by atoms with Crippen LogP contribution >= 0.6 is 11.8 Å². The number of para-hydroxylation sites is 1. The van der Waals surface area contributed by atoms with Crippen molar-refractivity contribution in [1.29, 1.82) is 0 Å². The summed E-state index contributed by atoms with van der Waals surface area (Å²) in [4.78, 5) is 44.8. The van der Waals surface area contributed by atoms with Crippen molar-refractivity contribution in [1.82, 2.24) is 24.8 Å². The number of esters is 1. The first-order valence-electron chi connectivity index (χ1n) is 12.9. The van der Waals surface area contributed by atoms with Crippen molar-refractivity contribution in [2.75, 3.05) is 19.8 Å². The minimum absolute atomic E-state index is 0.00229. The van der Waals surface area contributed by atoms with Gasteiger partial charge in [-0.3, -0.25) is 14.4 Å². The van der Waals surface area contributed by atoms with Crippen LogP contribution in [0.1, 0.15) is 20.3 Å². The van der Waals surface area contributed by atoms with Crippen LogP contribution in [-0.4, -0.2) is 89.5 Å². The third kappa shape index (κ3) is 3.86. The number of likely N-dealkylation sites (tertiary alicyclic amines) is 1. The molecule has 0 aliphatic carbocycles. The molecule has 3 saturated heterocycles. The smallest absolute Gasteiger partial charge is 0.311 e. The SMILES string of the molecule is C=CCOC(=O)[C@@H]1[C@H]2C(=O)N([C@H](C)CO)C(C(=O)N(CC=C)Cn3nnc4ccccc43)C23S[C@@H]1CC3C. The fourth-order valence-electron chi connectivity index (χ4n) is 6.54. The van der Waals surface area contributed by atoms with Gasteiger partial charge in [0, 0.05) is 11.8 Å². The van der Waals surface area contributed by atoms with Gasteiger partial charge in [0.05, 0.1) is 34.7 Å². The molecule has 1 aromatic heterocycles. The highest BCUT2D eigenvalue weighted by Crippen LogP contribution is 2.69. The van der Waals surface area contributed by atoms with E-state index >= 15 is 0 Å². The van der Waals surface area contributed by atoms with Gasteiger partial charge in [-0.25, -0.2) is 4.68 Å². The molecule has 2 amide bonds. The van der Waals surface area contributed by atoms with E-state index in [0.29, 0.717) is 11.9 Å². The predicted molar refractivity (Wildman–Crippen MR) is 143 cm³/mol. The fourth-order valence-corrected chi connectivity index (χ4v) is 8.93. The van der Waals surface area contributed by atoms with Gasteiger partial charge in [0.15, 0.2) is 0 Å². The van der Waals surface area contributed by atoms with Gasteiger partial charge in [-0.05, 0) is 31.4 Å². The van der Waals surface area contributed by atoms with Crippen LogP contribution in [0, 0.1) is 17.8 Å². The summed E-state index contributed by atoms with van der Waals surface area (Å²) in [6.07, 6.45) is 3.84. The Balaban J connectivity index is 1.55. The van der Waals surface area contributed by atoms with Crippen molar-refractivity contribution in [3.05, 3.63) is 49.6 Å². The summed E-state index contributed by atoms with van der Waals surface area (Å²) in [6.45, 7) is 11.3. The number of fused-ring (bicyclic) bond motifs is 2. The van der Waals surface area contributed by atoms with E-state index in [1.54, 1.807) is 34.3 Å². The normalized spacial score (nSPS) is 30.3. The van der Waals surface area contributed by atoms with Crippen molar-refractivity contribution in [3.8, 4) is 0 Å². The molecule has 202 valence electrons. The number of thioether (sulfide) groups is 1. The number of hydrogen-bond donors (Lipinski definition) is 1. The summed E-state index contributed by atoms with van der Waals surface area (Å²) in [5, 5.41) is 18.4. The average Bonchev–Trinajstić information content (AvgIpc) is 3.63. The number of aliphatic hydroxyl groups excluding tert-OH is 1. The predicted octanol–water partition coefficient (Wildman–Crippen LogP) is 1.85. The highest BCUT2D eigenvalue weighted by Gasteiger charge is 2.77. The Morgan fingerprint density at radius 1 is 1.34 bits per heavy atom. The number of benzene rings is 1. The highest BCUT2D eigenvalue weighted by atomic mass is 32.2. The largest absolute Gasteiger partial charge is 0.461 e. The molecule has 5 rings (SSSR count). The molecule has 11 heteroatoms. The van der Waals surface area contributed by atoms with Gasteiger partial charge in [0.25, 0.3) is 0 Å². The summed E-state index contributed by atoms with van der Waals surface area (Å²) in [5.41, 5.74) is 1.49. The molecule has 10 nitrogen and oxygen atoms in total. The minimum atomic E-state index is -0.862. The van der Waals surface area contributed by atoms with Crippen molar-refractivity contribution >= 4 is 40.6 Å². The Kier molecular flexibility index (Phi) is 7.08. The lowest BCUT2D eigenvalue weighted by molar-refractivity contribution is -0.154. The van der Waals surface area contributed by atoms with Crippen LogP contribution in [0.5, 0.6) is 0 Å². The van der Waals surface area contributed by atoms with Crippen LogP contribution in [0.2, 0.25) is 0 Å². The number of aliphatic hydroxyl groups is 1. The molecular formula is C27H33N5O5S. The number of rotatable bonds is 10. The standard InChI is InChI=1S/C27H33N5O5S/c1-5-11-30(15-31-19-10-8-7-9-18(19)28-29-31)25(35)23-27-16(3)13-20(38-27)21(26(36)37-12-6-2)22(27)24(34)32(23)17(4)14-33/h5-10,16-17,20-23,33H,1-2,11-15H2,3-4H3/t16?,17-,20-,21+,22+,23?,27?/m1/s1. The zero-order valence-corrected chi connectivity index (χ0v) is 22.4. The van der Waals surface area contributed by atoms with Gasteiger partial charge in [0.2, 0.25) is 11.8 Å². The van der Waals surface area contributed by atoms with E-state index in [1.807, 2.05) is 24.3 Å². The van der Waals surface area contributed by atoms with E-state index in [1.165, 1.54) is 11.0 Å². The van der Waals surface area contributed by atoms with Gasteiger partial charge in [0.1, 0.15) is 24.8 Å². The first-order valence-corrected chi connectivity index (χ1v) is 13.7. The Labute approximate surface area is 225 Å². The zero-order valence-electron chi connectivity index (χ0n) is 21.6. The maximum Gasteiger partial charge on any atom is 0.311 e. The Morgan fingerprint density at radius 3 is 2.82 bits per heavy atom. The van der Waals surface area contributed by atoms with Gasteiger partial charge < -0.3 is 19.6 Å². The number of aromatic nitrogens is 3. The fraction of sp³-hybridized carbons (Fsp3) is 0.519. The average molecular weight is 540 g/mol. The molecule has 2 bridgehead atoms. The van der Waals surface area contributed by atoms with Gasteiger partial charge in [-0.1, -0.05) is 43.0 Å². The Bertz CT molecular complexity index is 1280. The lowest BCUT2D eigenvalue weighted by atomic mass is 9.66. The van der Waals surface area contributed by atoms with E-state index < -0.39 is 34.6 Å². The maximum absolute atomic E-state index is 14.5. The summed E-state index contributed by atoms with van der Waals surface area (Å²) in [7, 11) is 0. The van der Waals surface area contributed by atoms with Gasteiger partial charge in [-0.2, -0.15) is 0 Å². The molecular weight excluding hydrogens is 506 g/mol. The van der Waals surface area contributed by atoms with Crippen LogP contribution in [0.15, 0.2) is 49.6 Å². The highest BCUT2D eigenvalue weighted by molar-refractivity contribution is 8.02. The summed E-state index contributed by atoms with van der Waals surface area (Å²) < 4.78 is 6.25. The Morgan fingerprint density at radius 2 is 2.11 bits per heavy atom. The van der Waals surface area contributed by atoms with Crippen LogP contribution in [0.4, 0.5) is 0 Å². The molecule has 3 aliphatic heterocycles. The third-order valence-electron chi connectivity index (χ3n) is 8.16. The number of hydrogen-bond acceptors (Lipinski definition) is 8. The topological polar surface area (TPSA) is 118 Å². The molecule has 1 aromatic carbocycles. The van der Waals surface area contributed by atoms with Crippen molar-refractivity contribution in [2.24, 2.45) is 17.8 Å². The lowest BCUT2D eigenvalue weighted by Crippen LogP contribution is -2.59. The number of amides is 2. The molecule has 3 fully saturated rings. The molecule has 1 spiro atoms. The number of nitrogens with zero attached hydrogens (tertiary/aromatic N) is 5. The second kappa shape index (κ2) is 10.2. The van der Waals surface area contributed by atoms with Gasteiger partial charge in [-0.15, -0.1) is 23.4 Å². The van der Waals surface area contributed by atoms with E-state index in [-0.39, 0.29) is 49.4 Å². The second-order valence-corrected chi connectivity index (χ2v) is 11.9. The van der Waals surface area contributed by atoms with E-state index in [9.17, 15) is 19.5 Å². The third-order valence-corrected chi connectivity index (χ3v) is 10.2. The maximum atomic E-state index is 14.5. The van der Waals surface area contributed by atoms with Gasteiger partial charge >= 0.3 is 5.97 Å². The quantitative estimate of drug-likeness (QED) is 0.359. The molecule has 7 atom stereocenters. The summed E-state index contributed by atoms with van der Waals surface area (Å²) in [5.74, 6) is -2.34. The van der Waals surface area contributed by atoms with E-state index in [4.69, 9.17) is 4.74 Å². The first-order chi connectivity index (χ1) is 18.3. The van der Waals surface area contributed by atoms with Crippen LogP contribution in [0.25, 0.3) is 11.0 Å². The number of carbonyl (C=O) groups excluding carboxylic acids is 3. The minimum Gasteiger partial charge on any atom is -0.461 e. The zero-order chi connectivity index (χ0) is 27.2. The van der Waals surface area contributed by atoms with Crippen LogP contribution < -0.4 is 0 Å². The number of carbonyl (C=O) groups is 3. The van der Waals surface area contributed by atoms with E-state index in [0.717, 1.165) is 5.52 Å². The molecule has 1 N–H and O–H groups in total. The first kappa shape index (κ1) is 26.4. The molecule has 0 saturated carbocycles. The molecule has 0 radical (unpaired) electrons. The monoisotopic (exact) mass is 539 g/mol.